The fourth-order valence-corrected chi connectivity index (χ4v) is 3.64. The maximum absolute atomic E-state index is 12.7. The van der Waals surface area contributed by atoms with Crippen molar-refractivity contribution >= 4 is 11.7 Å². The predicted octanol–water partition coefficient (Wildman–Crippen LogP) is 3.43. The molecule has 0 bridgehead atoms. The molecular weight excluding hydrogens is 288 g/mol. The molecule has 128 valence electrons. The summed E-state index contributed by atoms with van der Waals surface area (Å²) in [6.45, 7) is 12.1. The van der Waals surface area contributed by atoms with Crippen molar-refractivity contribution in [1.29, 1.82) is 0 Å². The van der Waals surface area contributed by atoms with Crippen molar-refractivity contribution in [1.82, 2.24) is 9.88 Å². The number of nitrogens with zero attached hydrogens (tertiary/aromatic N) is 1. The van der Waals surface area contributed by atoms with Crippen LogP contribution < -0.4 is 5.32 Å². The van der Waals surface area contributed by atoms with Gasteiger partial charge in [0.05, 0.1) is 6.42 Å². The number of rotatable bonds is 6. The number of ketones is 1. The molecule has 0 saturated heterocycles. The van der Waals surface area contributed by atoms with Crippen molar-refractivity contribution in [2.24, 2.45) is 5.41 Å². The molecule has 0 radical (unpaired) electrons. The Balaban J connectivity index is 2.43. The van der Waals surface area contributed by atoms with Gasteiger partial charge in [-0.1, -0.05) is 27.7 Å². The van der Waals surface area contributed by atoms with E-state index in [1.54, 1.807) is 0 Å². The normalized spacial score (nSPS) is 16.3. The molecular formula is C19H30N2O2. The third-order valence-corrected chi connectivity index (χ3v) is 4.68. The third kappa shape index (κ3) is 3.67. The van der Waals surface area contributed by atoms with Crippen LogP contribution in [-0.4, -0.2) is 22.8 Å². The van der Waals surface area contributed by atoms with Gasteiger partial charge in [0, 0.05) is 36.5 Å². The van der Waals surface area contributed by atoms with Gasteiger partial charge in [0.1, 0.15) is 0 Å². The van der Waals surface area contributed by atoms with Crippen LogP contribution in [0.5, 0.6) is 0 Å². The molecule has 0 aromatic carbocycles. The Kier molecular flexibility index (Phi) is 5.33. The topological polar surface area (TPSA) is 51.1 Å². The van der Waals surface area contributed by atoms with Gasteiger partial charge in [-0.25, -0.2) is 0 Å². The van der Waals surface area contributed by atoms with Gasteiger partial charge < -0.3 is 9.88 Å². The first kappa shape index (κ1) is 17.8. The number of carbonyl (C=O) groups excluding carboxylic acids is 2. The quantitative estimate of drug-likeness (QED) is 0.873. The highest BCUT2D eigenvalue weighted by atomic mass is 16.1. The standard InChI is InChI=1S/C19H30N2O2/c1-6-8-20-17(23)10-14-13(3)21(9-7-2)15-11-19(4,5)12-16(22)18(14)15/h6-12H2,1-5H3,(H,20,23). The van der Waals surface area contributed by atoms with E-state index in [1.807, 2.05) is 6.92 Å². The molecule has 1 aromatic heterocycles. The third-order valence-electron chi connectivity index (χ3n) is 4.68. The molecule has 4 nitrogen and oxygen atoms in total. The fourth-order valence-electron chi connectivity index (χ4n) is 3.64. The van der Waals surface area contributed by atoms with Crippen LogP contribution in [0.3, 0.4) is 0 Å². The zero-order valence-corrected chi connectivity index (χ0v) is 15.2. The highest BCUT2D eigenvalue weighted by molar-refractivity contribution is 6.01. The van der Waals surface area contributed by atoms with Crippen molar-refractivity contribution in [3.63, 3.8) is 0 Å². The lowest BCUT2D eigenvalue weighted by molar-refractivity contribution is -0.120. The smallest absolute Gasteiger partial charge is 0.224 e. The summed E-state index contributed by atoms with van der Waals surface area (Å²) in [6, 6.07) is 0. The average Bonchev–Trinajstić information content (AvgIpc) is 2.70. The number of carbonyl (C=O) groups is 2. The lowest BCUT2D eigenvalue weighted by Gasteiger charge is -2.30. The van der Waals surface area contributed by atoms with Crippen LogP contribution >= 0.6 is 0 Å². The van der Waals surface area contributed by atoms with Crippen molar-refractivity contribution in [3.8, 4) is 0 Å². The maximum atomic E-state index is 12.7. The lowest BCUT2D eigenvalue weighted by Crippen LogP contribution is -2.29. The number of nitrogens with one attached hydrogen (secondary N) is 1. The Bertz CT molecular complexity index is 611. The second kappa shape index (κ2) is 6.90. The Morgan fingerprint density at radius 3 is 2.52 bits per heavy atom. The van der Waals surface area contributed by atoms with Gasteiger partial charge in [-0.15, -0.1) is 0 Å². The Hall–Kier alpha value is -1.58. The minimum absolute atomic E-state index is 0.00209. The molecule has 1 aliphatic carbocycles. The average molecular weight is 318 g/mol. The molecule has 1 amide bonds. The van der Waals surface area contributed by atoms with Crippen LogP contribution in [0.2, 0.25) is 0 Å². The van der Waals surface area contributed by atoms with Gasteiger partial charge in [-0.3, -0.25) is 9.59 Å². The lowest BCUT2D eigenvalue weighted by atomic mass is 9.75. The van der Waals surface area contributed by atoms with E-state index in [1.165, 1.54) is 0 Å². The molecule has 0 atom stereocenters. The minimum atomic E-state index is 0.00209. The minimum Gasteiger partial charge on any atom is -0.356 e. The molecule has 0 unspecified atom stereocenters. The van der Waals surface area contributed by atoms with Crippen LogP contribution in [0.1, 0.15) is 74.3 Å². The predicted molar refractivity (Wildman–Crippen MR) is 92.9 cm³/mol. The van der Waals surface area contributed by atoms with E-state index >= 15 is 0 Å². The Labute approximate surface area is 139 Å². The van der Waals surface area contributed by atoms with Crippen LogP contribution in [0.4, 0.5) is 0 Å². The highest BCUT2D eigenvalue weighted by Gasteiger charge is 2.36. The van der Waals surface area contributed by atoms with Gasteiger partial charge in [-0.2, -0.15) is 0 Å². The van der Waals surface area contributed by atoms with Crippen LogP contribution in [0.15, 0.2) is 0 Å². The fraction of sp³-hybridized carbons (Fsp3) is 0.684. The summed E-state index contributed by atoms with van der Waals surface area (Å²) in [6.07, 6.45) is 3.74. The van der Waals surface area contributed by atoms with E-state index in [9.17, 15) is 9.59 Å². The van der Waals surface area contributed by atoms with Gasteiger partial charge in [0.15, 0.2) is 5.78 Å². The summed E-state index contributed by atoms with van der Waals surface area (Å²) >= 11 is 0. The molecule has 1 aromatic rings. The molecule has 1 heterocycles. The number of Topliss-reactive ketones (excluding diaryl/α,β-unsaturated/α-hetero) is 1. The Morgan fingerprint density at radius 2 is 1.91 bits per heavy atom. The van der Waals surface area contributed by atoms with Crippen LogP contribution in [-0.2, 0) is 24.2 Å². The molecule has 0 spiro atoms. The molecule has 0 fully saturated rings. The van der Waals surface area contributed by atoms with Gasteiger partial charge in [-0.05, 0) is 37.2 Å². The summed E-state index contributed by atoms with van der Waals surface area (Å²) in [5.74, 6) is 0.219. The van der Waals surface area contributed by atoms with Crippen molar-refractivity contribution in [2.45, 2.75) is 73.3 Å². The first-order chi connectivity index (χ1) is 10.8. The number of hydrogen-bond acceptors (Lipinski definition) is 2. The second-order valence-corrected chi connectivity index (χ2v) is 7.50. The van der Waals surface area contributed by atoms with E-state index in [-0.39, 0.29) is 17.1 Å². The molecule has 1 aliphatic rings. The summed E-state index contributed by atoms with van der Waals surface area (Å²) in [5.41, 5.74) is 4.02. The number of amides is 1. The Morgan fingerprint density at radius 1 is 1.22 bits per heavy atom. The summed E-state index contributed by atoms with van der Waals surface area (Å²) < 4.78 is 2.27. The zero-order valence-electron chi connectivity index (χ0n) is 15.2. The van der Waals surface area contributed by atoms with Crippen molar-refractivity contribution in [2.75, 3.05) is 6.54 Å². The zero-order chi connectivity index (χ0) is 17.2. The van der Waals surface area contributed by atoms with E-state index in [0.717, 1.165) is 48.3 Å². The van der Waals surface area contributed by atoms with E-state index < -0.39 is 0 Å². The van der Waals surface area contributed by atoms with Crippen molar-refractivity contribution < 1.29 is 9.59 Å². The summed E-state index contributed by atoms with van der Waals surface area (Å²) in [7, 11) is 0. The molecule has 0 saturated carbocycles. The van der Waals surface area contributed by atoms with E-state index in [4.69, 9.17) is 0 Å². The molecule has 23 heavy (non-hydrogen) atoms. The maximum Gasteiger partial charge on any atom is 0.224 e. The summed E-state index contributed by atoms with van der Waals surface area (Å²) in [4.78, 5) is 24.9. The van der Waals surface area contributed by atoms with E-state index in [0.29, 0.717) is 19.4 Å². The molecule has 1 N–H and O–H groups in total. The largest absolute Gasteiger partial charge is 0.356 e. The van der Waals surface area contributed by atoms with E-state index in [2.05, 4.69) is 37.6 Å². The monoisotopic (exact) mass is 318 g/mol. The van der Waals surface area contributed by atoms with Crippen LogP contribution in [0.25, 0.3) is 0 Å². The van der Waals surface area contributed by atoms with Crippen molar-refractivity contribution in [3.05, 3.63) is 22.5 Å². The van der Waals surface area contributed by atoms with Gasteiger partial charge in [0.25, 0.3) is 0 Å². The number of fused-ring (bicyclic) bond motifs is 1. The first-order valence-electron chi connectivity index (χ1n) is 8.81. The highest BCUT2D eigenvalue weighted by Crippen LogP contribution is 2.38. The number of aromatic nitrogens is 1. The molecule has 0 aliphatic heterocycles. The van der Waals surface area contributed by atoms with Gasteiger partial charge >= 0.3 is 0 Å². The SMILES string of the molecule is CCCNC(=O)Cc1c2c(n(CCC)c1C)CC(C)(C)CC2=O. The molecule has 4 heteroatoms. The first-order valence-corrected chi connectivity index (χ1v) is 8.81. The number of hydrogen-bond donors (Lipinski definition) is 1. The summed E-state index contributed by atoms with van der Waals surface area (Å²) in [5, 5.41) is 2.93. The van der Waals surface area contributed by atoms with Gasteiger partial charge in [0.2, 0.25) is 5.91 Å². The van der Waals surface area contributed by atoms with Crippen LogP contribution in [0, 0.1) is 12.3 Å². The molecule has 2 rings (SSSR count). The second-order valence-electron chi connectivity index (χ2n) is 7.50.